The largest absolute Gasteiger partial charge is 0.386 e. The summed E-state index contributed by atoms with van der Waals surface area (Å²) in [7, 11) is 0. The average Bonchev–Trinajstić information content (AvgIpc) is 2.67. The molecule has 2 atom stereocenters. The van der Waals surface area contributed by atoms with Crippen LogP contribution in [0.5, 0.6) is 0 Å². The summed E-state index contributed by atoms with van der Waals surface area (Å²) in [6, 6.07) is 0.757. The second-order valence-corrected chi connectivity index (χ2v) is 4.29. The molecule has 15 heavy (non-hydrogen) atoms. The Labute approximate surface area is 92.9 Å². The molecule has 0 bridgehead atoms. The Morgan fingerprint density at radius 1 is 1.53 bits per heavy atom. The molecule has 1 rings (SSSR count). The van der Waals surface area contributed by atoms with Crippen molar-refractivity contribution in [3.63, 3.8) is 0 Å². The van der Waals surface area contributed by atoms with Gasteiger partial charge in [-0.1, -0.05) is 13.8 Å². The molecule has 1 aliphatic rings. The summed E-state index contributed by atoms with van der Waals surface area (Å²) in [5.41, 5.74) is 5.53. The van der Waals surface area contributed by atoms with Gasteiger partial charge >= 0.3 is 0 Å². The van der Waals surface area contributed by atoms with Gasteiger partial charge in [-0.05, 0) is 26.4 Å². The first-order valence-corrected chi connectivity index (χ1v) is 5.92. The maximum Gasteiger partial charge on any atom is 0.108 e. The molecule has 0 aliphatic carbocycles. The maximum atomic E-state index is 7.45. The Balaban J connectivity index is 2.48. The van der Waals surface area contributed by atoms with Gasteiger partial charge in [-0.3, -0.25) is 15.2 Å². The van der Waals surface area contributed by atoms with Crippen LogP contribution in [-0.2, 0) is 0 Å². The summed E-state index contributed by atoms with van der Waals surface area (Å²) in [6.45, 7) is 10.8. The molecule has 0 aromatic carbocycles. The fourth-order valence-corrected chi connectivity index (χ4v) is 2.35. The first-order valence-electron chi connectivity index (χ1n) is 5.92. The SMILES string of the molecule is CCN(CC)C1CCN(C(C)C(=N)N)C1. The number of nitrogens with one attached hydrogen (secondary N) is 1. The lowest BCUT2D eigenvalue weighted by molar-refractivity contribution is 0.206. The van der Waals surface area contributed by atoms with Crippen molar-refractivity contribution in [3.05, 3.63) is 0 Å². The lowest BCUT2D eigenvalue weighted by atomic mass is 10.2. The van der Waals surface area contributed by atoms with E-state index in [2.05, 4.69) is 23.6 Å². The van der Waals surface area contributed by atoms with E-state index in [1.807, 2.05) is 6.92 Å². The fourth-order valence-electron chi connectivity index (χ4n) is 2.35. The van der Waals surface area contributed by atoms with Crippen LogP contribution in [0.1, 0.15) is 27.2 Å². The van der Waals surface area contributed by atoms with Gasteiger partial charge in [0.2, 0.25) is 0 Å². The van der Waals surface area contributed by atoms with E-state index in [-0.39, 0.29) is 11.9 Å². The lowest BCUT2D eigenvalue weighted by Crippen LogP contribution is -2.43. The van der Waals surface area contributed by atoms with Crippen molar-refractivity contribution in [1.29, 1.82) is 5.41 Å². The summed E-state index contributed by atoms with van der Waals surface area (Å²) in [5.74, 6) is 0.287. The number of nitrogens with two attached hydrogens (primary N) is 1. The van der Waals surface area contributed by atoms with Crippen LogP contribution in [0.25, 0.3) is 0 Å². The molecule has 0 aromatic rings. The molecule has 0 radical (unpaired) electrons. The Morgan fingerprint density at radius 3 is 2.60 bits per heavy atom. The van der Waals surface area contributed by atoms with Crippen molar-refractivity contribution in [2.24, 2.45) is 5.73 Å². The van der Waals surface area contributed by atoms with E-state index < -0.39 is 0 Å². The Bertz CT molecular complexity index is 213. The first-order chi connectivity index (χ1) is 7.10. The molecule has 2 unspecified atom stereocenters. The number of amidine groups is 1. The number of nitrogens with zero attached hydrogens (tertiary/aromatic N) is 2. The van der Waals surface area contributed by atoms with Crippen LogP contribution in [0.2, 0.25) is 0 Å². The topological polar surface area (TPSA) is 56.4 Å². The van der Waals surface area contributed by atoms with Crippen molar-refractivity contribution in [1.82, 2.24) is 9.80 Å². The van der Waals surface area contributed by atoms with Crippen molar-refractivity contribution in [2.75, 3.05) is 26.2 Å². The van der Waals surface area contributed by atoms with Gasteiger partial charge < -0.3 is 5.73 Å². The van der Waals surface area contributed by atoms with E-state index in [0.29, 0.717) is 6.04 Å². The zero-order valence-corrected chi connectivity index (χ0v) is 10.2. The van der Waals surface area contributed by atoms with Crippen molar-refractivity contribution < 1.29 is 0 Å². The molecule has 1 aliphatic heterocycles. The highest BCUT2D eigenvalue weighted by atomic mass is 15.3. The van der Waals surface area contributed by atoms with E-state index in [4.69, 9.17) is 11.1 Å². The summed E-state index contributed by atoms with van der Waals surface area (Å²) in [5, 5.41) is 7.45. The third-order valence-corrected chi connectivity index (χ3v) is 3.52. The summed E-state index contributed by atoms with van der Waals surface area (Å²) < 4.78 is 0. The van der Waals surface area contributed by atoms with Gasteiger partial charge in [0.05, 0.1) is 6.04 Å². The van der Waals surface area contributed by atoms with Gasteiger partial charge in [0.25, 0.3) is 0 Å². The predicted molar refractivity (Wildman–Crippen MR) is 64.3 cm³/mol. The van der Waals surface area contributed by atoms with Gasteiger partial charge in [-0.25, -0.2) is 0 Å². The van der Waals surface area contributed by atoms with E-state index >= 15 is 0 Å². The summed E-state index contributed by atoms with van der Waals surface area (Å²) >= 11 is 0. The van der Waals surface area contributed by atoms with Gasteiger partial charge in [-0.2, -0.15) is 0 Å². The monoisotopic (exact) mass is 212 g/mol. The standard InChI is InChI=1S/C11H24N4/c1-4-14(5-2)10-6-7-15(8-10)9(3)11(12)13/h9-10H,4-8H2,1-3H3,(H3,12,13). The maximum absolute atomic E-state index is 7.45. The zero-order valence-electron chi connectivity index (χ0n) is 10.2. The van der Waals surface area contributed by atoms with E-state index in [1.165, 1.54) is 6.42 Å². The highest BCUT2D eigenvalue weighted by Crippen LogP contribution is 2.17. The molecule has 1 heterocycles. The fraction of sp³-hybridized carbons (Fsp3) is 0.909. The van der Waals surface area contributed by atoms with Gasteiger partial charge in [0.1, 0.15) is 5.84 Å². The van der Waals surface area contributed by atoms with Crippen LogP contribution in [0, 0.1) is 5.41 Å². The highest BCUT2D eigenvalue weighted by molar-refractivity contribution is 5.82. The van der Waals surface area contributed by atoms with Crippen LogP contribution in [0.4, 0.5) is 0 Å². The zero-order chi connectivity index (χ0) is 11.4. The molecular formula is C11H24N4. The number of rotatable bonds is 5. The molecule has 0 aromatic heterocycles. The Hall–Kier alpha value is -0.610. The molecule has 4 nitrogen and oxygen atoms in total. The normalized spacial score (nSPS) is 24.7. The summed E-state index contributed by atoms with van der Waals surface area (Å²) in [4.78, 5) is 4.80. The van der Waals surface area contributed by atoms with Crippen LogP contribution in [0.3, 0.4) is 0 Å². The molecule has 88 valence electrons. The Morgan fingerprint density at radius 2 is 2.13 bits per heavy atom. The summed E-state index contributed by atoms with van der Waals surface area (Å²) in [6.07, 6.45) is 1.21. The number of hydrogen-bond acceptors (Lipinski definition) is 3. The van der Waals surface area contributed by atoms with Crippen molar-refractivity contribution >= 4 is 5.84 Å². The number of likely N-dealkylation sites (tertiary alicyclic amines) is 1. The second-order valence-electron chi connectivity index (χ2n) is 4.29. The smallest absolute Gasteiger partial charge is 0.108 e. The number of likely N-dealkylation sites (N-methyl/N-ethyl adjacent to an activating group) is 1. The molecule has 4 heteroatoms. The minimum atomic E-state index is 0.102. The highest BCUT2D eigenvalue weighted by Gasteiger charge is 2.29. The van der Waals surface area contributed by atoms with Gasteiger partial charge in [-0.15, -0.1) is 0 Å². The lowest BCUT2D eigenvalue weighted by Gasteiger charge is -2.28. The van der Waals surface area contributed by atoms with Crippen molar-refractivity contribution in [2.45, 2.75) is 39.3 Å². The van der Waals surface area contributed by atoms with Crippen LogP contribution < -0.4 is 5.73 Å². The predicted octanol–water partition coefficient (Wildman–Crippen LogP) is 0.727. The molecular weight excluding hydrogens is 188 g/mol. The van der Waals surface area contributed by atoms with E-state index in [9.17, 15) is 0 Å². The minimum Gasteiger partial charge on any atom is -0.386 e. The molecule has 0 amide bonds. The Kier molecular flexibility index (Phi) is 4.54. The third-order valence-electron chi connectivity index (χ3n) is 3.52. The van der Waals surface area contributed by atoms with Gasteiger partial charge in [0.15, 0.2) is 0 Å². The molecule has 3 N–H and O–H groups in total. The van der Waals surface area contributed by atoms with Gasteiger partial charge in [0, 0.05) is 19.1 Å². The molecule has 1 fully saturated rings. The molecule has 0 spiro atoms. The number of hydrogen-bond donors (Lipinski definition) is 2. The van der Waals surface area contributed by atoms with Crippen molar-refractivity contribution in [3.8, 4) is 0 Å². The van der Waals surface area contributed by atoms with Crippen LogP contribution in [-0.4, -0.2) is 53.9 Å². The van der Waals surface area contributed by atoms with Crippen LogP contribution in [0.15, 0.2) is 0 Å². The van der Waals surface area contributed by atoms with E-state index in [0.717, 1.165) is 26.2 Å². The molecule has 1 saturated heterocycles. The quantitative estimate of drug-likeness (QED) is 0.522. The third kappa shape index (κ3) is 2.92. The second kappa shape index (κ2) is 5.47. The van der Waals surface area contributed by atoms with E-state index in [1.54, 1.807) is 0 Å². The first kappa shape index (κ1) is 12.5. The minimum absolute atomic E-state index is 0.102. The molecule has 0 saturated carbocycles. The average molecular weight is 212 g/mol. The van der Waals surface area contributed by atoms with Crippen LogP contribution >= 0.6 is 0 Å².